The second-order valence-electron chi connectivity index (χ2n) is 6.43. The van der Waals surface area contributed by atoms with Crippen LogP contribution in [0.15, 0.2) is 24.3 Å². The number of nitrogens with zero attached hydrogens (tertiary/aromatic N) is 1. The number of carbonyl (C=O) groups excluding carboxylic acids is 2. The molecule has 0 saturated carbocycles. The summed E-state index contributed by atoms with van der Waals surface area (Å²) in [6.45, 7) is 2.00. The van der Waals surface area contributed by atoms with Crippen LogP contribution in [0.25, 0.3) is 6.08 Å². The number of nitro groups is 1. The van der Waals surface area contributed by atoms with Crippen LogP contribution in [0, 0.1) is 10.1 Å². The summed E-state index contributed by atoms with van der Waals surface area (Å²) in [5, 5.41) is 14.2. The Morgan fingerprint density at radius 1 is 1.34 bits per heavy atom. The van der Waals surface area contributed by atoms with E-state index in [4.69, 9.17) is 16.3 Å². The van der Waals surface area contributed by atoms with Gasteiger partial charge in [-0.15, -0.1) is 11.3 Å². The van der Waals surface area contributed by atoms with Gasteiger partial charge in [0.2, 0.25) is 5.91 Å². The minimum atomic E-state index is -0.582. The number of esters is 1. The first-order valence-corrected chi connectivity index (χ1v) is 10.3. The van der Waals surface area contributed by atoms with Gasteiger partial charge in [-0.2, -0.15) is 0 Å². The zero-order chi connectivity index (χ0) is 21.0. The molecule has 0 bridgehead atoms. The van der Waals surface area contributed by atoms with Gasteiger partial charge in [-0.05, 0) is 55.9 Å². The van der Waals surface area contributed by atoms with E-state index in [1.54, 1.807) is 13.0 Å². The van der Waals surface area contributed by atoms with E-state index in [1.165, 1.54) is 35.6 Å². The van der Waals surface area contributed by atoms with Crippen molar-refractivity contribution < 1.29 is 19.2 Å². The third kappa shape index (κ3) is 4.83. The lowest BCUT2D eigenvalue weighted by atomic mass is 9.95. The van der Waals surface area contributed by atoms with Crippen molar-refractivity contribution in [1.82, 2.24) is 0 Å². The average Bonchev–Trinajstić information content (AvgIpc) is 3.05. The molecule has 0 unspecified atom stereocenters. The van der Waals surface area contributed by atoms with E-state index in [-0.39, 0.29) is 17.3 Å². The Kier molecular flexibility index (Phi) is 6.66. The molecular weight excluding hydrogens is 416 g/mol. The highest BCUT2D eigenvalue weighted by Gasteiger charge is 2.26. The molecule has 9 heteroatoms. The van der Waals surface area contributed by atoms with E-state index >= 15 is 0 Å². The number of rotatable bonds is 6. The van der Waals surface area contributed by atoms with Crippen LogP contribution >= 0.6 is 22.9 Å². The molecule has 0 radical (unpaired) electrons. The summed E-state index contributed by atoms with van der Waals surface area (Å²) in [5.74, 6) is -0.869. The van der Waals surface area contributed by atoms with Crippen LogP contribution < -0.4 is 5.32 Å². The van der Waals surface area contributed by atoms with E-state index in [0.29, 0.717) is 16.1 Å². The first-order chi connectivity index (χ1) is 13.9. The van der Waals surface area contributed by atoms with E-state index < -0.39 is 16.8 Å². The first-order valence-electron chi connectivity index (χ1n) is 9.15. The van der Waals surface area contributed by atoms with Crippen molar-refractivity contribution in [1.29, 1.82) is 0 Å². The van der Waals surface area contributed by atoms with Crippen molar-refractivity contribution in [2.45, 2.75) is 32.6 Å². The van der Waals surface area contributed by atoms with Crippen molar-refractivity contribution in [3.05, 3.63) is 61.0 Å². The van der Waals surface area contributed by atoms with Crippen LogP contribution in [0.4, 0.5) is 10.7 Å². The van der Waals surface area contributed by atoms with Crippen molar-refractivity contribution in [2.75, 3.05) is 11.9 Å². The molecular formula is C20H19ClN2O5S. The topological polar surface area (TPSA) is 98.5 Å². The van der Waals surface area contributed by atoms with Crippen LogP contribution in [-0.4, -0.2) is 23.4 Å². The lowest BCUT2D eigenvalue weighted by Gasteiger charge is -2.12. The Morgan fingerprint density at radius 3 is 2.83 bits per heavy atom. The van der Waals surface area contributed by atoms with Gasteiger partial charge in [0.15, 0.2) is 0 Å². The van der Waals surface area contributed by atoms with Gasteiger partial charge in [0.25, 0.3) is 5.69 Å². The number of benzene rings is 1. The van der Waals surface area contributed by atoms with Crippen molar-refractivity contribution in [2.24, 2.45) is 0 Å². The Balaban J connectivity index is 1.81. The van der Waals surface area contributed by atoms with Crippen LogP contribution in [-0.2, 0) is 22.4 Å². The molecule has 3 rings (SSSR count). The minimum absolute atomic E-state index is 0.0276. The predicted molar refractivity (Wildman–Crippen MR) is 113 cm³/mol. The summed E-state index contributed by atoms with van der Waals surface area (Å²) in [6, 6.07) is 4.27. The molecule has 0 fully saturated rings. The highest BCUT2D eigenvalue weighted by atomic mass is 35.5. The molecule has 1 aliphatic carbocycles. The first kappa shape index (κ1) is 21.0. The van der Waals surface area contributed by atoms with Gasteiger partial charge in [-0.3, -0.25) is 14.9 Å². The number of hydrogen-bond donors (Lipinski definition) is 1. The smallest absolute Gasteiger partial charge is 0.341 e. The third-order valence-corrected chi connectivity index (χ3v) is 6.01. The molecule has 29 heavy (non-hydrogen) atoms. The molecule has 0 spiro atoms. The molecule has 7 nitrogen and oxygen atoms in total. The molecule has 1 aliphatic rings. The minimum Gasteiger partial charge on any atom is -0.462 e. The van der Waals surface area contributed by atoms with E-state index in [1.807, 2.05) is 0 Å². The van der Waals surface area contributed by atoms with Gasteiger partial charge >= 0.3 is 5.97 Å². The SMILES string of the molecule is CCOC(=O)c1c(NC(=O)/C=C/c2ccc(Cl)c([N+](=O)[O-])c2)sc2c1CCCC2. The summed E-state index contributed by atoms with van der Waals surface area (Å²) < 4.78 is 5.17. The number of aryl methyl sites for hydroxylation is 1. The molecule has 0 aliphatic heterocycles. The summed E-state index contributed by atoms with van der Waals surface area (Å²) in [4.78, 5) is 36.3. The Bertz CT molecular complexity index is 999. The predicted octanol–water partition coefficient (Wildman–Crippen LogP) is 5.02. The van der Waals surface area contributed by atoms with E-state index in [9.17, 15) is 19.7 Å². The Labute approximate surface area is 176 Å². The number of thiophene rings is 1. The maximum absolute atomic E-state index is 12.4. The van der Waals surface area contributed by atoms with Crippen molar-refractivity contribution >= 4 is 51.6 Å². The zero-order valence-electron chi connectivity index (χ0n) is 15.7. The molecule has 1 aromatic heterocycles. The molecule has 0 atom stereocenters. The number of anilines is 1. The van der Waals surface area contributed by atoms with E-state index in [0.717, 1.165) is 36.1 Å². The number of ether oxygens (including phenoxy) is 1. The highest BCUT2D eigenvalue weighted by molar-refractivity contribution is 7.17. The molecule has 1 amide bonds. The van der Waals surface area contributed by atoms with Crippen LogP contribution in [0.5, 0.6) is 0 Å². The highest BCUT2D eigenvalue weighted by Crippen LogP contribution is 2.38. The van der Waals surface area contributed by atoms with Gasteiger partial charge in [0.1, 0.15) is 10.0 Å². The van der Waals surface area contributed by atoms with Gasteiger partial charge in [0, 0.05) is 17.0 Å². The Hall–Kier alpha value is -2.71. The largest absolute Gasteiger partial charge is 0.462 e. The molecule has 2 aromatic rings. The van der Waals surface area contributed by atoms with Crippen LogP contribution in [0.1, 0.15) is 46.1 Å². The fourth-order valence-corrected chi connectivity index (χ4v) is 4.64. The van der Waals surface area contributed by atoms with Crippen molar-refractivity contribution in [3.63, 3.8) is 0 Å². The van der Waals surface area contributed by atoms with Crippen molar-refractivity contribution in [3.8, 4) is 0 Å². The van der Waals surface area contributed by atoms with Gasteiger partial charge < -0.3 is 10.1 Å². The van der Waals surface area contributed by atoms with Crippen LogP contribution in [0.3, 0.4) is 0 Å². The summed E-state index contributed by atoms with van der Waals surface area (Å²) in [5.41, 5.74) is 1.64. The number of amides is 1. The number of hydrogen-bond acceptors (Lipinski definition) is 6. The molecule has 1 N–H and O–H groups in total. The fourth-order valence-electron chi connectivity index (χ4n) is 3.17. The summed E-state index contributed by atoms with van der Waals surface area (Å²) in [6.07, 6.45) is 6.45. The third-order valence-electron chi connectivity index (χ3n) is 4.48. The average molecular weight is 435 g/mol. The monoisotopic (exact) mass is 434 g/mol. The van der Waals surface area contributed by atoms with Gasteiger partial charge in [-0.1, -0.05) is 17.7 Å². The lowest BCUT2D eigenvalue weighted by Crippen LogP contribution is -2.14. The fraction of sp³-hybridized carbons (Fsp3) is 0.300. The quantitative estimate of drug-likeness (QED) is 0.298. The lowest BCUT2D eigenvalue weighted by molar-refractivity contribution is -0.384. The number of halogens is 1. The second kappa shape index (κ2) is 9.19. The zero-order valence-corrected chi connectivity index (χ0v) is 17.3. The second-order valence-corrected chi connectivity index (χ2v) is 7.94. The number of nitro benzene ring substituents is 1. The summed E-state index contributed by atoms with van der Waals surface area (Å²) >= 11 is 7.20. The van der Waals surface area contributed by atoms with Gasteiger partial charge in [0.05, 0.1) is 17.1 Å². The number of fused-ring (bicyclic) bond motifs is 1. The maximum Gasteiger partial charge on any atom is 0.341 e. The van der Waals surface area contributed by atoms with Gasteiger partial charge in [-0.25, -0.2) is 4.79 Å². The number of nitrogens with one attached hydrogen (secondary N) is 1. The maximum atomic E-state index is 12.4. The van der Waals surface area contributed by atoms with Crippen LogP contribution in [0.2, 0.25) is 5.02 Å². The molecule has 1 heterocycles. The molecule has 1 aromatic carbocycles. The standard InChI is InChI=1S/C20H19ClN2O5S/c1-2-28-20(25)18-13-5-3-4-6-16(13)29-19(18)22-17(24)10-8-12-7-9-14(21)15(11-12)23(26)27/h7-11H,2-6H2,1H3,(H,22,24)/b10-8+. The molecule has 152 valence electrons. The van der Waals surface area contributed by atoms with E-state index in [2.05, 4.69) is 5.32 Å². The Morgan fingerprint density at radius 2 is 2.10 bits per heavy atom. The number of carbonyl (C=O) groups is 2. The molecule has 0 saturated heterocycles. The normalized spacial score (nSPS) is 13.2. The summed E-state index contributed by atoms with van der Waals surface area (Å²) in [7, 11) is 0.